The Labute approximate surface area is 219 Å². The van der Waals surface area contributed by atoms with Crippen molar-refractivity contribution in [3.63, 3.8) is 0 Å². The molecule has 4 N–H and O–H groups in total. The van der Waals surface area contributed by atoms with E-state index in [1.54, 1.807) is 7.11 Å². The molecule has 204 valence electrons. The maximum absolute atomic E-state index is 12.8. The van der Waals surface area contributed by atoms with E-state index in [-0.39, 0.29) is 23.9 Å². The number of nitrogens with one attached hydrogen (secondary N) is 1. The van der Waals surface area contributed by atoms with Crippen LogP contribution in [0.1, 0.15) is 88.7 Å². The van der Waals surface area contributed by atoms with Crippen molar-refractivity contribution in [1.82, 2.24) is 10.2 Å². The SMILES string of the molecule is CCc1cccc([C@](O)(CCCCOC)C2CCCN(C(N)=O)C2[C@H](CNC)CC2CCCCC2)c1. The van der Waals surface area contributed by atoms with Crippen LogP contribution in [0.5, 0.6) is 0 Å². The molecule has 1 heterocycles. The summed E-state index contributed by atoms with van der Waals surface area (Å²) in [6.07, 6.45) is 12.7. The number of benzene rings is 1. The van der Waals surface area contributed by atoms with Crippen LogP contribution in [0.2, 0.25) is 0 Å². The summed E-state index contributed by atoms with van der Waals surface area (Å²) in [5.41, 5.74) is 7.22. The number of unbranched alkanes of at least 4 members (excludes halogenated alkanes) is 1. The molecule has 2 unspecified atom stereocenters. The van der Waals surface area contributed by atoms with Crippen molar-refractivity contribution >= 4 is 6.03 Å². The Morgan fingerprint density at radius 1 is 1.22 bits per heavy atom. The van der Waals surface area contributed by atoms with Gasteiger partial charge >= 0.3 is 6.03 Å². The number of hydrogen-bond donors (Lipinski definition) is 3. The molecule has 1 saturated heterocycles. The van der Waals surface area contributed by atoms with E-state index in [1.165, 1.54) is 37.7 Å². The first kappa shape index (κ1) is 28.9. The van der Waals surface area contributed by atoms with E-state index in [2.05, 4.69) is 36.5 Å². The fraction of sp³-hybridized carbons (Fsp3) is 0.767. The second kappa shape index (κ2) is 14.3. The van der Waals surface area contributed by atoms with E-state index < -0.39 is 5.60 Å². The molecule has 0 radical (unpaired) electrons. The number of ether oxygens (including phenoxy) is 1. The Morgan fingerprint density at radius 2 is 2.00 bits per heavy atom. The number of hydrogen-bond acceptors (Lipinski definition) is 4. The minimum Gasteiger partial charge on any atom is -0.385 e. The summed E-state index contributed by atoms with van der Waals surface area (Å²) in [7, 11) is 3.73. The maximum atomic E-state index is 12.8. The average molecular weight is 502 g/mol. The highest BCUT2D eigenvalue weighted by atomic mass is 16.5. The smallest absolute Gasteiger partial charge is 0.315 e. The lowest BCUT2D eigenvalue weighted by Gasteiger charge is -2.51. The standard InChI is InChI=1S/C30H51N3O3/c1-4-23-14-10-15-26(21-23)30(35,17-8-9-19-36-3)27-16-11-18-33(29(31)34)28(27)25(22-32-2)20-24-12-6-5-7-13-24/h10,14-15,21,24-25,27-28,32,35H,4-9,11-13,16-20,22H2,1-3H3,(H2,31,34)/t25-,27?,28?,30+/m0/s1. The lowest BCUT2D eigenvalue weighted by atomic mass is 9.65. The summed E-state index contributed by atoms with van der Waals surface area (Å²) in [5.74, 6) is 0.888. The molecule has 1 aliphatic carbocycles. The second-order valence-electron chi connectivity index (χ2n) is 11.3. The molecule has 2 amide bonds. The number of rotatable bonds is 13. The van der Waals surface area contributed by atoms with Crippen LogP contribution in [-0.4, -0.2) is 55.9 Å². The van der Waals surface area contributed by atoms with Gasteiger partial charge in [0, 0.05) is 32.2 Å². The molecular weight excluding hydrogens is 450 g/mol. The van der Waals surface area contributed by atoms with Crippen LogP contribution in [0.4, 0.5) is 4.79 Å². The molecular formula is C30H51N3O3. The zero-order valence-electron chi connectivity index (χ0n) is 23.0. The van der Waals surface area contributed by atoms with Gasteiger partial charge in [-0.3, -0.25) is 0 Å². The minimum absolute atomic E-state index is 0.0599. The average Bonchev–Trinajstić information content (AvgIpc) is 2.91. The molecule has 0 spiro atoms. The largest absolute Gasteiger partial charge is 0.385 e. The van der Waals surface area contributed by atoms with E-state index in [4.69, 9.17) is 10.5 Å². The van der Waals surface area contributed by atoms with Crippen LogP contribution < -0.4 is 11.1 Å². The van der Waals surface area contributed by atoms with Crippen LogP contribution in [-0.2, 0) is 16.8 Å². The van der Waals surface area contributed by atoms with E-state index >= 15 is 0 Å². The molecule has 0 bridgehead atoms. The number of nitrogens with two attached hydrogens (primary N) is 1. The third-order valence-electron chi connectivity index (χ3n) is 8.88. The van der Waals surface area contributed by atoms with Crippen molar-refractivity contribution in [2.24, 2.45) is 23.5 Å². The molecule has 1 aromatic rings. The number of urea groups is 1. The predicted molar refractivity (Wildman–Crippen MR) is 147 cm³/mol. The first-order chi connectivity index (χ1) is 17.4. The Morgan fingerprint density at radius 3 is 2.67 bits per heavy atom. The van der Waals surface area contributed by atoms with Gasteiger partial charge in [0.15, 0.2) is 0 Å². The van der Waals surface area contributed by atoms with Crippen molar-refractivity contribution in [3.8, 4) is 0 Å². The summed E-state index contributed by atoms with van der Waals surface area (Å²) in [6.45, 7) is 4.35. The zero-order valence-corrected chi connectivity index (χ0v) is 23.0. The Bertz CT molecular complexity index is 797. The van der Waals surface area contributed by atoms with Gasteiger partial charge in [-0.05, 0) is 81.5 Å². The first-order valence-electron chi connectivity index (χ1n) is 14.5. The topological polar surface area (TPSA) is 87.8 Å². The van der Waals surface area contributed by atoms with E-state index in [1.807, 2.05) is 11.9 Å². The van der Waals surface area contributed by atoms with Crippen LogP contribution >= 0.6 is 0 Å². The van der Waals surface area contributed by atoms with Gasteiger partial charge in [-0.25, -0.2) is 4.79 Å². The number of amides is 2. The molecule has 6 nitrogen and oxygen atoms in total. The summed E-state index contributed by atoms with van der Waals surface area (Å²) in [4.78, 5) is 14.7. The molecule has 6 heteroatoms. The van der Waals surface area contributed by atoms with Crippen molar-refractivity contribution in [2.75, 3.05) is 33.9 Å². The summed E-state index contributed by atoms with van der Waals surface area (Å²) in [6, 6.07) is 8.05. The highest BCUT2D eigenvalue weighted by Gasteiger charge is 2.49. The van der Waals surface area contributed by atoms with Crippen molar-refractivity contribution < 1.29 is 14.6 Å². The summed E-state index contributed by atoms with van der Waals surface area (Å²) < 4.78 is 5.31. The molecule has 4 atom stereocenters. The van der Waals surface area contributed by atoms with Gasteiger partial charge in [0.2, 0.25) is 0 Å². The Kier molecular flexibility index (Phi) is 11.5. The quantitative estimate of drug-likeness (QED) is 0.324. The fourth-order valence-electron chi connectivity index (χ4n) is 7.08. The molecule has 2 aliphatic rings. The van der Waals surface area contributed by atoms with Gasteiger partial charge in [0.1, 0.15) is 0 Å². The number of piperidine rings is 1. The number of nitrogens with zero attached hydrogens (tertiary/aromatic N) is 1. The minimum atomic E-state index is -1.02. The highest BCUT2D eigenvalue weighted by Crippen LogP contribution is 2.46. The number of aliphatic hydroxyl groups is 1. The molecule has 3 rings (SSSR count). The van der Waals surface area contributed by atoms with Gasteiger partial charge in [-0.2, -0.15) is 0 Å². The molecule has 36 heavy (non-hydrogen) atoms. The van der Waals surface area contributed by atoms with Gasteiger partial charge in [-0.15, -0.1) is 0 Å². The van der Waals surface area contributed by atoms with Gasteiger partial charge < -0.3 is 25.8 Å². The maximum Gasteiger partial charge on any atom is 0.315 e. The Balaban J connectivity index is 2.01. The van der Waals surface area contributed by atoms with Gasteiger partial charge in [-0.1, -0.05) is 63.3 Å². The second-order valence-corrected chi connectivity index (χ2v) is 11.3. The predicted octanol–water partition coefficient (Wildman–Crippen LogP) is 5.22. The first-order valence-corrected chi connectivity index (χ1v) is 14.5. The fourth-order valence-corrected chi connectivity index (χ4v) is 7.08. The summed E-state index contributed by atoms with van der Waals surface area (Å²) >= 11 is 0. The van der Waals surface area contributed by atoms with E-state index in [0.717, 1.165) is 50.6 Å². The van der Waals surface area contributed by atoms with E-state index in [0.29, 0.717) is 25.5 Å². The van der Waals surface area contributed by atoms with Gasteiger partial charge in [0.05, 0.1) is 5.60 Å². The summed E-state index contributed by atoms with van der Waals surface area (Å²) in [5, 5.41) is 16.1. The van der Waals surface area contributed by atoms with Crippen molar-refractivity contribution in [1.29, 1.82) is 0 Å². The Hall–Kier alpha value is -1.63. The van der Waals surface area contributed by atoms with E-state index in [9.17, 15) is 9.90 Å². The number of carbonyl (C=O) groups is 1. The number of carbonyl (C=O) groups excluding carboxylic acids is 1. The molecule has 2 fully saturated rings. The third-order valence-corrected chi connectivity index (χ3v) is 8.88. The van der Waals surface area contributed by atoms with Crippen molar-refractivity contribution in [2.45, 2.75) is 95.6 Å². The number of aryl methyl sites for hydroxylation is 1. The molecule has 1 aliphatic heterocycles. The third kappa shape index (κ3) is 7.23. The normalized spacial score (nSPS) is 23.8. The zero-order chi connectivity index (χ0) is 26.0. The van der Waals surface area contributed by atoms with Crippen molar-refractivity contribution in [3.05, 3.63) is 35.4 Å². The van der Waals surface area contributed by atoms with Crippen LogP contribution in [0.3, 0.4) is 0 Å². The number of primary amides is 1. The van der Waals surface area contributed by atoms with Crippen LogP contribution in [0.15, 0.2) is 24.3 Å². The lowest BCUT2D eigenvalue weighted by Crippen LogP contribution is -2.60. The number of likely N-dealkylation sites (tertiary alicyclic amines) is 1. The highest BCUT2D eigenvalue weighted by molar-refractivity contribution is 5.72. The number of methoxy groups -OCH3 is 1. The van der Waals surface area contributed by atoms with Crippen LogP contribution in [0.25, 0.3) is 0 Å². The molecule has 1 saturated carbocycles. The molecule has 0 aromatic heterocycles. The molecule has 1 aromatic carbocycles. The van der Waals surface area contributed by atoms with Gasteiger partial charge in [0.25, 0.3) is 0 Å². The lowest BCUT2D eigenvalue weighted by molar-refractivity contribution is -0.0936. The van der Waals surface area contributed by atoms with Crippen LogP contribution in [0, 0.1) is 17.8 Å². The monoisotopic (exact) mass is 501 g/mol.